The van der Waals surface area contributed by atoms with Crippen LogP contribution >= 0.6 is 34.6 Å². The average Bonchev–Trinajstić information content (AvgIpc) is 2.55. The summed E-state index contributed by atoms with van der Waals surface area (Å²) in [5.41, 5.74) is 2.08. The number of hydrogen-bond donors (Lipinski definition) is 1. The van der Waals surface area contributed by atoms with Gasteiger partial charge in [-0.1, -0.05) is 54.9 Å². The number of hydrogen-bond acceptors (Lipinski definition) is 3. The monoisotopic (exact) mass is 445 g/mol. The molecule has 0 bridgehead atoms. The third-order valence-electron chi connectivity index (χ3n) is 3.81. The molecule has 3 nitrogen and oxygen atoms in total. The molecule has 0 aliphatic heterocycles. The maximum absolute atomic E-state index is 10.5. The van der Waals surface area contributed by atoms with Gasteiger partial charge >= 0.3 is 0 Å². The van der Waals surface area contributed by atoms with Crippen LogP contribution in [0.2, 0.25) is 5.02 Å². The number of aliphatic hydroxyl groups excluding tert-OH is 1. The van der Waals surface area contributed by atoms with Gasteiger partial charge in [0.05, 0.1) is 11.1 Å². The van der Waals surface area contributed by atoms with E-state index in [0.717, 1.165) is 24.2 Å². The summed E-state index contributed by atoms with van der Waals surface area (Å²) in [7, 11) is 2.05. The van der Waals surface area contributed by atoms with Crippen molar-refractivity contribution in [3.8, 4) is 5.75 Å². The molecule has 0 radical (unpaired) electrons. The Balaban J connectivity index is 1.93. The molecule has 0 unspecified atom stereocenters. The topological polar surface area (TPSA) is 32.7 Å². The molecule has 0 spiro atoms. The van der Waals surface area contributed by atoms with Gasteiger partial charge < -0.3 is 13.1 Å². The first-order valence-corrected chi connectivity index (χ1v) is 8.75. The second-order valence-corrected chi connectivity index (χ2v) is 6.72. The summed E-state index contributed by atoms with van der Waals surface area (Å²) in [6, 6.07) is 15.6. The molecule has 0 heterocycles. The van der Waals surface area contributed by atoms with Gasteiger partial charge in [-0.3, -0.25) is 0 Å². The van der Waals surface area contributed by atoms with Crippen LogP contribution < -0.4 is 3.07 Å². The molecule has 1 N–H and O–H groups in total. The minimum absolute atomic E-state index is 0.134. The van der Waals surface area contributed by atoms with Crippen molar-refractivity contribution in [3.63, 3.8) is 0 Å². The minimum atomic E-state index is -0.461. The molecule has 2 aromatic carbocycles. The average molecular weight is 446 g/mol. The maximum atomic E-state index is 10.5. The molecule has 5 heteroatoms. The van der Waals surface area contributed by atoms with Crippen LogP contribution in [-0.2, 0) is 6.54 Å². The highest BCUT2D eigenvalue weighted by Crippen LogP contribution is 2.28. The van der Waals surface area contributed by atoms with Gasteiger partial charge in [0, 0.05) is 13.1 Å². The quantitative estimate of drug-likeness (QED) is 0.617. The first-order chi connectivity index (χ1) is 11.0. The number of aliphatic hydroxyl groups is 1. The van der Waals surface area contributed by atoms with Crippen LogP contribution in [0.4, 0.5) is 0 Å². The molecule has 124 valence electrons. The normalized spacial score (nSPS) is 13.8. The predicted molar refractivity (Wildman–Crippen MR) is 103 cm³/mol. The zero-order valence-electron chi connectivity index (χ0n) is 13.2. The Morgan fingerprint density at radius 2 is 1.91 bits per heavy atom. The molecular formula is C18H21ClINO2. The van der Waals surface area contributed by atoms with E-state index in [0.29, 0.717) is 10.8 Å². The highest BCUT2D eigenvalue weighted by Gasteiger charge is 2.18. The molecule has 2 rings (SSSR count). The van der Waals surface area contributed by atoms with Crippen molar-refractivity contribution < 1.29 is 8.17 Å². The van der Waals surface area contributed by atoms with E-state index < -0.39 is 6.10 Å². The van der Waals surface area contributed by atoms with Crippen molar-refractivity contribution in [2.75, 3.05) is 13.6 Å². The van der Waals surface area contributed by atoms with E-state index in [4.69, 9.17) is 14.7 Å². The third-order valence-corrected chi connectivity index (χ3v) is 4.58. The fourth-order valence-electron chi connectivity index (χ4n) is 2.65. The predicted octanol–water partition coefficient (Wildman–Crippen LogP) is 4.87. The molecule has 23 heavy (non-hydrogen) atoms. The van der Waals surface area contributed by atoms with Gasteiger partial charge in [-0.25, -0.2) is 0 Å². The number of halogens is 2. The Morgan fingerprint density at radius 3 is 2.52 bits per heavy atom. The van der Waals surface area contributed by atoms with E-state index in [2.05, 4.69) is 11.8 Å². The number of nitrogens with zero attached hydrogens (tertiary/aromatic N) is 1. The zero-order chi connectivity index (χ0) is 16.8. The summed E-state index contributed by atoms with van der Waals surface area (Å²) >= 11 is 7.98. The molecular weight excluding hydrogens is 425 g/mol. The van der Waals surface area contributed by atoms with Crippen LogP contribution in [0.25, 0.3) is 0 Å². The summed E-state index contributed by atoms with van der Waals surface area (Å²) in [4.78, 5) is 2.19. The molecule has 2 atom stereocenters. The van der Waals surface area contributed by atoms with Crippen molar-refractivity contribution in [3.05, 3.63) is 64.7 Å². The Labute approximate surface area is 156 Å². The van der Waals surface area contributed by atoms with E-state index in [-0.39, 0.29) is 5.92 Å². The van der Waals surface area contributed by atoms with Crippen LogP contribution in [0.15, 0.2) is 48.5 Å². The van der Waals surface area contributed by atoms with E-state index in [1.807, 2.05) is 78.6 Å². The SMILES string of the molecule is C[C@H](CN(C)Cc1ccc(OI)c(Cl)c1)[C@@H](O)c1ccccc1. The molecule has 0 fully saturated rings. The lowest BCUT2D eigenvalue weighted by Gasteiger charge is -2.25. The Kier molecular flexibility index (Phi) is 7.14. The molecule has 0 saturated carbocycles. The van der Waals surface area contributed by atoms with Crippen LogP contribution in [0.5, 0.6) is 5.75 Å². The Bertz CT molecular complexity index is 624. The van der Waals surface area contributed by atoms with Gasteiger partial charge in [-0.15, -0.1) is 0 Å². The van der Waals surface area contributed by atoms with Crippen LogP contribution in [0, 0.1) is 5.92 Å². The summed E-state index contributed by atoms with van der Waals surface area (Å²) in [6.45, 7) is 3.62. The Hall–Kier alpha value is -0.820. The van der Waals surface area contributed by atoms with E-state index >= 15 is 0 Å². The van der Waals surface area contributed by atoms with Gasteiger partial charge in [0.25, 0.3) is 0 Å². The van der Waals surface area contributed by atoms with Crippen LogP contribution in [-0.4, -0.2) is 23.6 Å². The van der Waals surface area contributed by atoms with Crippen molar-refractivity contribution in [1.82, 2.24) is 4.90 Å². The maximum Gasteiger partial charge on any atom is 0.192 e. The molecule has 0 aliphatic rings. The second-order valence-electron chi connectivity index (χ2n) is 5.87. The minimum Gasteiger partial charge on any atom is -0.426 e. The summed E-state index contributed by atoms with van der Waals surface area (Å²) in [5, 5.41) is 11.1. The van der Waals surface area contributed by atoms with Crippen molar-refractivity contribution in [2.24, 2.45) is 5.92 Å². The summed E-state index contributed by atoms with van der Waals surface area (Å²) < 4.78 is 5.14. The van der Waals surface area contributed by atoms with Crippen molar-refractivity contribution in [1.29, 1.82) is 0 Å². The van der Waals surface area contributed by atoms with Gasteiger partial charge in [-0.2, -0.15) is 0 Å². The summed E-state index contributed by atoms with van der Waals surface area (Å²) in [6.07, 6.45) is -0.461. The molecule has 0 saturated heterocycles. The van der Waals surface area contributed by atoms with Gasteiger partial charge in [0.15, 0.2) is 28.8 Å². The first-order valence-electron chi connectivity index (χ1n) is 7.50. The second kappa shape index (κ2) is 8.87. The highest BCUT2D eigenvalue weighted by molar-refractivity contribution is 14.1. The fraction of sp³-hybridized carbons (Fsp3) is 0.333. The van der Waals surface area contributed by atoms with E-state index in [1.54, 1.807) is 0 Å². The van der Waals surface area contributed by atoms with Crippen molar-refractivity contribution in [2.45, 2.75) is 19.6 Å². The van der Waals surface area contributed by atoms with Crippen LogP contribution in [0.1, 0.15) is 24.2 Å². The zero-order valence-corrected chi connectivity index (χ0v) is 16.2. The number of rotatable bonds is 7. The molecule has 0 aliphatic carbocycles. The molecule has 0 aromatic heterocycles. The highest BCUT2D eigenvalue weighted by atomic mass is 127. The first kappa shape index (κ1) is 18.5. The largest absolute Gasteiger partial charge is 0.426 e. The standard InChI is InChI=1S/C18H21ClINO2/c1-13(18(22)15-6-4-3-5-7-15)11-21(2)12-14-8-9-17(23-20)16(19)10-14/h3-10,13,18,22H,11-12H2,1-2H3/t13-,18-/m1/s1. The lowest BCUT2D eigenvalue weighted by atomic mass is 9.97. The van der Waals surface area contributed by atoms with E-state index in [9.17, 15) is 5.11 Å². The number of benzene rings is 2. The van der Waals surface area contributed by atoms with E-state index in [1.165, 1.54) is 0 Å². The Morgan fingerprint density at radius 1 is 1.22 bits per heavy atom. The molecule has 2 aromatic rings. The fourth-order valence-corrected chi connectivity index (χ4v) is 3.41. The van der Waals surface area contributed by atoms with Gasteiger partial charge in [0.2, 0.25) is 0 Å². The van der Waals surface area contributed by atoms with Crippen LogP contribution in [0.3, 0.4) is 0 Å². The lowest BCUT2D eigenvalue weighted by molar-refractivity contribution is 0.0933. The van der Waals surface area contributed by atoms with Crippen molar-refractivity contribution >= 4 is 34.6 Å². The summed E-state index contributed by atoms with van der Waals surface area (Å²) in [5.74, 6) is 0.807. The lowest BCUT2D eigenvalue weighted by Crippen LogP contribution is -2.27. The van der Waals surface area contributed by atoms with Gasteiger partial charge in [0.1, 0.15) is 0 Å². The third kappa shape index (κ3) is 5.35. The van der Waals surface area contributed by atoms with Gasteiger partial charge in [-0.05, 0) is 36.2 Å². The smallest absolute Gasteiger partial charge is 0.192 e. The molecule has 0 amide bonds.